The fraction of sp³-hybridized carbons (Fsp3) is 0.567. The van der Waals surface area contributed by atoms with Gasteiger partial charge >= 0.3 is 0 Å². The summed E-state index contributed by atoms with van der Waals surface area (Å²) in [6, 6.07) is 21.2. The molecule has 1 saturated carbocycles. The van der Waals surface area contributed by atoms with Crippen LogP contribution >= 0.6 is 23.5 Å². The third-order valence-electron chi connectivity index (χ3n) is 7.74. The summed E-state index contributed by atoms with van der Waals surface area (Å²) in [4.78, 5) is 0. The third-order valence-corrected chi connectivity index (χ3v) is 11.0. The van der Waals surface area contributed by atoms with E-state index in [1.165, 1.54) is 53.0 Å². The maximum Gasteiger partial charge on any atom is 0.0751 e. The highest BCUT2D eigenvalue weighted by Gasteiger charge is 2.35. The number of rotatable bonds is 8. The van der Waals surface area contributed by atoms with Crippen LogP contribution in [0.5, 0.6) is 0 Å². The Hall–Kier alpha value is -1.37. The second-order valence-electron chi connectivity index (χ2n) is 10.2. The van der Waals surface area contributed by atoms with Gasteiger partial charge < -0.3 is 0 Å². The molecule has 0 N–H and O–H groups in total. The molecular formula is C30H39NS2. The largest absolute Gasteiger partial charge is 0.198 e. The maximum absolute atomic E-state index is 9.68. The molecule has 0 bridgehead atoms. The number of nitrogens with zero attached hydrogens (tertiary/aromatic N) is 1. The van der Waals surface area contributed by atoms with Crippen molar-refractivity contribution in [1.29, 1.82) is 5.26 Å². The fourth-order valence-electron chi connectivity index (χ4n) is 5.58. The van der Waals surface area contributed by atoms with Gasteiger partial charge in [-0.2, -0.15) is 5.26 Å². The van der Waals surface area contributed by atoms with E-state index in [-0.39, 0.29) is 5.41 Å². The standard InChI is InChI=1S/C30H39NS2/c1-3-5-6-23-20-32-29(33-21-23)28-13-11-25(12-14-28)24-7-9-26(10-8-24)27-15-18-30(22-31,17-4-2)19-16-27/h7-14,23,27,29H,3-6,15-21H2,1-2H3. The number of unbranched alkanes of at least 4 members (excludes halogenated alkanes) is 1. The van der Waals surface area contributed by atoms with Crippen LogP contribution in [0, 0.1) is 22.7 Å². The normalized spacial score (nSPS) is 27.7. The Morgan fingerprint density at radius 1 is 0.848 bits per heavy atom. The molecule has 33 heavy (non-hydrogen) atoms. The van der Waals surface area contributed by atoms with E-state index in [4.69, 9.17) is 0 Å². The van der Waals surface area contributed by atoms with Crippen molar-refractivity contribution in [2.75, 3.05) is 11.5 Å². The zero-order valence-corrected chi connectivity index (χ0v) is 22.0. The molecule has 0 atom stereocenters. The Labute approximate surface area is 210 Å². The molecule has 0 amide bonds. The van der Waals surface area contributed by atoms with Crippen molar-refractivity contribution >= 4 is 23.5 Å². The number of hydrogen-bond acceptors (Lipinski definition) is 3. The molecular weight excluding hydrogens is 438 g/mol. The highest BCUT2D eigenvalue weighted by atomic mass is 32.2. The molecule has 176 valence electrons. The molecule has 0 aromatic heterocycles. The number of thioether (sulfide) groups is 2. The predicted octanol–water partition coefficient (Wildman–Crippen LogP) is 9.61. The summed E-state index contributed by atoms with van der Waals surface area (Å²) >= 11 is 4.28. The van der Waals surface area contributed by atoms with Crippen LogP contribution in [0.1, 0.15) is 93.3 Å². The quantitative estimate of drug-likeness (QED) is 0.378. The topological polar surface area (TPSA) is 23.8 Å². The van der Waals surface area contributed by atoms with Crippen molar-refractivity contribution in [3.8, 4) is 17.2 Å². The second kappa shape index (κ2) is 11.9. The summed E-state index contributed by atoms with van der Waals surface area (Å²) in [5, 5.41) is 9.68. The molecule has 1 nitrogen and oxygen atoms in total. The van der Waals surface area contributed by atoms with Crippen LogP contribution in [0.15, 0.2) is 48.5 Å². The Balaban J connectivity index is 1.33. The highest BCUT2D eigenvalue weighted by Crippen LogP contribution is 2.47. The molecule has 1 aliphatic heterocycles. The van der Waals surface area contributed by atoms with Gasteiger partial charge in [-0.25, -0.2) is 0 Å². The Bertz CT molecular complexity index is 896. The maximum atomic E-state index is 9.68. The summed E-state index contributed by atoms with van der Waals surface area (Å²) in [6.07, 6.45) is 10.7. The monoisotopic (exact) mass is 477 g/mol. The van der Waals surface area contributed by atoms with Gasteiger partial charge in [0.2, 0.25) is 0 Å². The summed E-state index contributed by atoms with van der Waals surface area (Å²) in [5.74, 6) is 4.15. The van der Waals surface area contributed by atoms with E-state index in [1.54, 1.807) is 0 Å². The summed E-state index contributed by atoms with van der Waals surface area (Å²) < 4.78 is 0.596. The predicted molar refractivity (Wildman–Crippen MR) is 147 cm³/mol. The van der Waals surface area contributed by atoms with E-state index >= 15 is 0 Å². The zero-order chi connectivity index (χ0) is 23.1. The first-order valence-corrected chi connectivity index (χ1v) is 15.1. The summed E-state index contributed by atoms with van der Waals surface area (Å²) in [5.41, 5.74) is 5.48. The van der Waals surface area contributed by atoms with Crippen molar-refractivity contribution in [3.05, 3.63) is 59.7 Å². The van der Waals surface area contributed by atoms with Crippen molar-refractivity contribution < 1.29 is 0 Å². The van der Waals surface area contributed by atoms with Crippen LogP contribution in [0.3, 0.4) is 0 Å². The minimum atomic E-state index is -0.0573. The number of benzene rings is 2. The fourth-order valence-corrected chi connectivity index (χ4v) is 8.74. The average molecular weight is 478 g/mol. The molecule has 2 aromatic rings. The molecule has 2 fully saturated rings. The number of hydrogen-bond donors (Lipinski definition) is 0. The van der Waals surface area contributed by atoms with Gasteiger partial charge in [0.25, 0.3) is 0 Å². The van der Waals surface area contributed by atoms with Gasteiger partial charge in [0, 0.05) is 0 Å². The van der Waals surface area contributed by atoms with Gasteiger partial charge in [-0.05, 0) is 84.1 Å². The van der Waals surface area contributed by atoms with E-state index < -0.39 is 0 Å². The summed E-state index contributed by atoms with van der Waals surface area (Å²) in [7, 11) is 0. The van der Waals surface area contributed by atoms with Gasteiger partial charge in [-0.15, -0.1) is 23.5 Å². The molecule has 1 heterocycles. The smallest absolute Gasteiger partial charge is 0.0751 e. The van der Waals surface area contributed by atoms with Crippen LogP contribution in [-0.4, -0.2) is 11.5 Å². The Kier molecular flexibility index (Phi) is 8.89. The van der Waals surface area contributed by atoms with Crippen molar-refractivity contribution in [1.82, 2.24) is 0 Å². The molecule has 4 rings (SSSR count). The third kappa shape index (κ3) is 6.20. The van der Waals surface area contributed by atoms with Crippen LogP contribution in [0.4, 0.5) is 0 Å². The minimum absolute atomic E-state index is 0.0573. The molecule has 3 heteroatoms. The number of nitriles is 1. The van der Waals surface area contributed by atoms with Gasteiger partial charge in [0.15, 0.2) is 0 Å². The van der Waals surface area contributed by atoms with Crippen LogP contribution in [0.25, 0.3) is 11.1 Å². The van der Waals surface area contributed by atoms with Gasteiger partial charge in [-0.3, -0.25) is 0 Å². The lowest BCUT2D eigenvalue weighted by Gasteiger charge is -2.35. The van der Waals surface area contributed by atoms with E-state index in [9.17, 15) is 5.26 Å². The van der Waals surface area contributed by atoms with Gasteiger partial charge in [-0.1, -0.05) is 81.6 Å². The molecule has 0 radical (unpaired) electrons. The molecule has 1 saturated heterocycles. The molecule has 2 aliphatic rings. The Morgan fingerprint density at radius 2 is 1.42 bits per heavy atom. The molecule has 2 aromatic carbocycles. The molecule has 1 aliphatic carbocycles. The molecule has 0 spiro atoms. The molecule has 0 unspecified atom stereocenters. The van der Waals surface area contributed by atoms with Crippen molar-refractivity contribution in [2.45, 2.75) is 82.1 Å². The lowest BCUT2D eigenvalue weighted by Crippen LogP contribution is -2.25. The first-order chi connectivity index (χ1) is 16.2. The van der Waals surface area contributed by atoms with Crippen LogP contribution < -0.4 is 0 Å². The SMILES string of the molecule is CCCCC1CSC(c2ccc(-c3ccc(C4CCC(C#N)(CCC)CC4)cc3)cc2)SC1. The first-order valence-electron chi connectivity index (χ1n) is 13.0. The van der Waals surface area contributed by atoms with Crippen LogP contribution in [0.2, 0.25) is 0 Å². The lowest BCUT2D eigenvalue weighted by atomic mass is 9.68. The highest BCUT2D eigenvalue weighted by molar-refractivity contribution is 8.16. The van der Waals surface area contributed by atoms with E-state index in [2.05, 4.69) is 92.0 Å². The lowest BCUT2D eigenvalue weighted by molar-refractivity contribution is 0.228. The first kappa shape index (κ1) is 24.7. The van der Waals surface area contributed by atoms with E-state index in [0.29, 0.717) is 10.5 Å². The minimum Gasteiger partial charge on any atom is -0.198 e. The zero-order valence-electron chi connectivity index (χ0n) is 20.4. The summed E-state index contributed by atoms with van der Waals surface area (Å²) in [6.45, 7) is 4.50. The van der Waals surface area contributed by atoms with Crippen molar-refractivity contribution in [2.24, 2.45) is 11.3 Å². The van der Waals surface area contributed by atoms with Gasteiger partial charge in [0.1, 0.15) is 0 Å². The van der Waals surface area contributed by atoms with E-state index in [1.807, 2.05) is 0 Å². The van der Waals surface area contributed by atoms with E-state index in [0.717, 1.165) is 44.4 Å². The van der Waals surface area contributed by atoms with Crippen LogP contribution in [-0.2, 0) is 0 Å². The second-order valence-corrected chi connectivity index (χ2v) is 12.7. The van der Waals surface area contributed by atoms with Gasteiger partial charge in [0.05, 0.1) is 16.1 Å². The van der Waals surface area contributed by atoms with Crippen molar-refractivity contribution in [3.63, 3.8) is 0 Å². The average Bonchev–Trinajstić information content (AvgIpc) is 2.89. The Morgan fingerprint density at radius 3 is 1.94 bits per heavy atom.